The van der Waals surface area contributed by atoms with Crippen LogP contribution in [-0.4, -0.2) is 16.1 Å². The molecule has 1 atom stereocenters. The third kappa shape index (κ3) is 6.42. The second kappa shape index (κ2) is 9.58. The third-order valence-corrected chi connectivity index (χ3v) is 10.4. The summed E-state index contributed by atoms with van der Waals surface area (Å²) in [5, 5.41) is 11.2. The molecule has 1 N–H and O–H groups in total. The highest BCUT2D eigenvalue weighted by Crippen LogP contribution is 2.50. The second-order valence-electron chi connectivity index (χ2n) is 14.2. The molecule has 0 bridgehead atoms. The smallest absolute Gasteiger partial charge is 0.200 e. The molecule has 3 rings (SSSR count). The molecule has 2 nitrogen and oxygen atoms in total. The Morgan fingerprint density at radius 3 is 1.67 bits per heavy atom. The zero-order chi connectivity index (χ0) is 27.4. The number of rotatable bonds is 2. The van der Waals surface area contributed by atoms with Crippen molar-refractivity contribution < 1.29 is 9.90 Å². The van der Waals surface area contributed by atoms with Gasteiger partial charge in [0.15, 0.2) is 0 Å². The molecular weight excluding hydrogens is 480 g/mol. The maximum atomic E-state index is 13.2. The van der Waals surface area contributed by atoms with E-state index in [1.807, 2.05) is 35.7 Å². The molecule has 36 heavy (non-hydrogen) atoms. The van der Waals surface area contributed by atoms with E-state index in [9.17, 15) is 9.90 Å². The number of carbonyl (C=O) groups excluding carboxylic acids is 1. The van der Waals surface area contributed by atoms with E-state index in [2.05, 4.69) is 107 Å². The van der Waals surface area contributed by atoms with Crippen molar-refractivity contribution in [2.45, 2.75) is 88.3 Å². The van der Waals surface area contributed by atoms with Gasteiger partial charge in [-0.1, -0.05) is 101 Å². The van der Waals surface area contributed by atoms with Gasteiger partial charge in [-0.15, -0.1) is 11.8 Å². The fourth-order valence-corrected chi connectivity index (χ4v) is 6.53. The van der Waals surface area contributed by atoms with E-state index >= 15 is 0 Å². The van der Waals surface area contributed by atoms with Gasteiger partial charge in [0.2, 0.25) is 5.78 Å². The zero-order valence-electron chi connectivity index (χ0n) is 24.2. The maximum Gasteiger partial charge on any atom is 0.200 e. The Kier molecular flexibility index (Phi) is 7.70. The molecule has 0 saturated carbocycles. The normalized spacial score (nSPS) is 23.2. The monoisotopic (exact) mass is 524 g/mol. The lowest BCUT2D eigenvalue weighted by atomic mass is 9.83. The van der Waals surface area contributed by atoms with Crippen molar-refractivity contribution in [2.75, 3.05) is 0 Å². The van der Waals surface area contributed by atoms with Gasteiger partial charge in [-0.25, -0.2) is 0 Å². The van der Waals surface area contributed by atoms with Crippen LogP contribution in [-0.2, 0) is 4.79 Å². The van der Waals surface area contributed by atoms with Crippen LogP contribution in [0.15, 0.2) is 79.2 Å². The summed E-state index contributed by atoms with van der Waals surface area (Å²) in [5.41, 5.74) is 2.89. The van der Waals surface area contributed by atoms with E-state index in [1.54, 1.807) is 0 Å². The largest absolute Gasteiger partial charge is 0.506 e. The molecule has 0 aromatic carbocycles. The average molecular weight is 525 g/mol. The Morgan fingerprint density at radius 1 is 0.750 bits per heavy atom. The van der Waals surface area contributed by atoms with Gasteiger partial charge in [0.25, 0.3) is 0 Å². The molecule has 2 aliphatic heterocycles. The first-order chi connectivity index (χ1) is 16.2. The van der Waals surface area contributed by atoms with Gasteiger partial charge in [-0.2, -0.15) is 0 Å². The Hall–Kier alpha value is -1.65. The summed E-state index contributed by atoms with van der Waals surface area (Å²) in [5.74, 6) is 0.00563. The fourth-order valence-electron chi connectivity index (χ4n) is 3.88. The summed E-state index contributed by atoms with van der Waals surface area (Å²) in [6.45, 7) is 26.7. The molecule has 2 heterocycles. The maximum absolute atomic E-state index is 13.2. The number of aliphatic hydroxyl groups excluding tert-OH is 1. The van der Waals surface area contributed by atoms with Crippen LogP contribution in [0.1, 0.15) is 83.1 Å². The summed E-state index contributed by atoms with van der Waals surface area (Å²) < 4.78 is 0. The number of aliphatic hydroxyl groups is 1. The van der Waals surface area contributed by atoms with Crippen molar-refractivity contribution >= 4 is 29.3 Å². The zero-order valence-corrected chi connectivity index (χ0v) is 25.8. The van der Waals surface area contributed by atoms with Crippen LogP contribution < -0.4 is 0 Å². The number of Topliss-reactive ketones (excluding diaryl/α,β-unsaturated/α-hetero) is 1. The highest BCUT2D eigenvalue weighted by Gasteiger charge is 2.35. The first-order valence-electron chi connectivity index (χ1n) is 12.8. The molecule has 3 aliphatic rings. The number of allylic oxidation sites excluding steroid dienone is 12. The lowest BCUT2D eigenvalue weighted by Crippen LogP contribution is -2.26. The number of hydrogen-bond donors (Lipinski definition) is 1. The van der Waals surface area contributed by atoms with E-state index in [-0.39, 0.29) is 33.2 Å². The fraction of sp³-hybridized carbons (Fsp3) is 0.531. The van der Waals surface area contributed by atoms with Crippen LogP contribution in [0.2, 0.25) is 0 Å². The SMILES string of the molecule is CC(C)(C)C1=CC(=CC2=C(O)C(=CC3=CC(C(C)(C)C)SC(C(C)(C)C)=C3)C2=O)C=C(C(C)(C)C)S1. The second-order valence-corrected chi connectivity index (χ2v) is 16.5. The molecular formula is C32H44O2S2. The molecule has 1 aliphatic carbocycles. The predicted molar refractivity (Wildman–Crippen MR) is 160 cm³/mol. The van der Waals surface area contributed by atoms with Crippen molar-refractivity contribution in [1.29, 1.82) is 0 Å². The Labute approximate surface area is 227 Å². The third-order valence-electron chi connectivity index (χ3n) is 6.40. The standard InChI is InChI=1S/C32H44O2S2/c1-29(2,3)23-15-19(16-24(35-23)30(4,5)6)13-21-27(33)22(28(21)34)14-20-17-25(31(7,8)9)36-26(18-20)32(10,11)12/h13-18,23,33H,1-12H3. The van der Waals surface area contributed by atoms with Gasteiger partial charge in [-0.3, -0.25) is 4.79 Å². The summed E-state index contributed by atoms with van der Waals surface area (Å²) in [7, 11) is 0. The lowest BCUT2D eigenvalue weighted by molar-refractivity contribution is -0.113. The quantitative estimate of drug-likeness (QED) is 0.365. The van der Waals surface area contributed by atoms with Crippen LogP contribution in [0.3, 0.4) is 0 Å². The molecule has 1 unspecified atom stereocenters. The van der Waals surface area contributed by atoms with Crippen molar-refractivity contribution in [3.63, 3.8) is 0 Å². The van der Waals surface area contributed by atoms with E-state index in [0.717, 1.165) is 11.1 Å². The molecule has 4 heteroatoms. The summed E-state index contributed by atoms with van der Waals surface area (Å²) in [4.78, 5) is 17.0. The highest BCUT2D eigenvalue weighted by molar-refractivity contribution is 8.06. The van der Waals surface area contributed by atoms with Crippen molar-refractivity contribution in [3.8, 4) is 0 Å². The molecule has 0 spiro atoms. The summed E-state index contributed by atoms with van der Waals surface area (Å²) in [6.07, 6.45) is 12.4. The van der Waals surface area contributed by atoms with Crippen LogP contribution in [0.25, 0.3) is 0 Å². The van der Waals surface area contributed by atoms with Gasteiger partial charge in [0.05, 0.1) is 11.1 Å². The van der Waals surface area contributed by atoms with Crippen molar-refractivity contribution in [3.05, 3.63) is 79.2 Å². The van der Waals surface area contributed by atoms with Gasteiger partial charge in [0.1, 0.15) is 5.76 Å². The topological polar surface area (TPSA) is 37.3 Å². The van der Waals surface area contributed by atoms with Crippen LogP contribution in [0.4, 0.5) is 0 Å². The van der Waals surface area contributed by atoms with E-state index in [1.165, 1.54) is 14.7 Å². The molecule has 0 aromatic heterocycles. The Balaban J connectivity index is 2.02. The number of ketones is 1. The highest BCUT2D eigenvalue weighted by atomic mass is 32.2. The van der Waals surface area contributed by atoms with E-state index in [4.69, 9.17) is 0 Å². The first kappa shape index (κ1) is 28.9. The average Bonchev–Trinajstić information content (AvgIpc) is 2.72. The number of thioether (sulfide) groups is 2. The minimum absolute atomic E-state index is 0.00574. The van der Waals surface area contributed by atoms with E-state index < -0.39 is 0 Å². The van der Waals surface area contributed by atoms with Gasteiger partial charge in [-0.05, 0) is 77.9 Å². The van der Waals surface area contributed by atoms with Gasteiger partial charge in [0, 0.05) is 5.25 Å². The van der Waals surface area contributed by atoms with Crippen LogP contribution in [0, 0.1) is 21.7 Å². The number of carbonyl (C=O) groups is 1. The van der Waals surface area contributed by atoms with Gasteiger partial charge >= 0.3 is 0 Å². The molecule has 0 fully saturated rings. The molecule has 0 radical (unpaired) electrons. The summed E-state index contributed by atoms with van der Waals surface area (Å²) in [6, 6.07) is 0. The molecule has 0 amide bonds. The van der Waals surface area contributed by atoms with Crippen molar-refractivity contribution in [1.82, 2.24) is 0 Å². The molecule has 0 saturated heterocycles. The Morgan fingerprint density at radius 2 is 1.25 bits per heavy atom. The molecule has 0 aromatic rings. The Bertz CT molecular complexity index is 1140. The van der Waals surface area contributed by atoms with Gasteiger partial charge < -0.3 is 5.11 Å². The molecule has 196 valence electrons. The van der Waals surface area contributed by atoms with E-state index in [0.29, 0.717) is 16.4 Å². The van der Waals surface area contributed by atoms with Crippen LogP contribution >= 0.6 is 23.5 Å². The first-order valence-corrected chi connectivity index (χ1v) is 14.5. The number of hydrogen-bond acceptors (Lipinski definition) is 4. The minimum Gasteiger partial charge on any atom is -0.506 e. The van der Waals surface area contributed by atoms with Crippen molar-refractivity contribution in [2.24, 2.45) is 21.7 Å². The predicted octanol–water partition coefficient (Wildman–Crippen LogP) is 9.86. The lowest BCUT2D eigenvalue weighted by Gasteiger charge is -2.35. The minimum atomic E-state index is -0.0909. The summed E-state index contributed by atoms with van der Waals surface area (Å²) >= 11 is 3.73. The van der Waals surface area contributed by atoms with Crippen LogP contribution in [0.5, 0.6) is 0 Å².